The van der Waals surface area contributed by atoms with E-state index in [1.54, 1.807) is 42.5 Å². The fourth-order valence-corrected chi connectivity index (χ4v) is 4.46. The molecule has 14 heteroatoms. The fraction of sp³-hybridized carbons (Fsp3) is 0.371. The molecule has 10 N–H and O–H groups in total. The zero-order valence-corrected chi connectivity index (χ0v) is 29.0. The molecule has 0 aliphatic rings. The Kier molecular flexibility index (Phi) is 13.9. The van der Waals surface area contributed by atoms with Crippen molar-refractivity contribution in [2.45, 2.75) is 47.2 Å². The van der Waals surface area contributed by atoms with Crippen molar-refractivity contribution in [3.8, 4) is 23.0 Å². The topological polar surface area (TPSA) is 224 Å². The van der Waals surface area contributed by atoms with E-state index in [0.29, 0.717) is 42.0 Å². The zero-order chi connectivity index (χ0) is 36.1. The summed E-state index contributed by atoms with van der Waals surface area (Å²) < 4.78 is 23.3. The highest BCUT2D eigenvalue weighted by molar-refractivity contribution is 6.12. The van der Waals surface area contributed by atoms with Crippen LogP contribution in [0.15, 0.2) is 58.5 Å². The predicted molar refractivity (Wildman–Crippen MR) is 193 cm³/mol. The van der Waals surface area contributed by atoms with Crippen LogP contribution in [0.1, 0.15) is 66.0 Å². The number of amides is 2. The largest absolute Gasteiger partial charge is 0.495 e. The van der Waals surface area contributed by atoms with Crippen LogP contribution in [-0.4, -0.2) is 51.2 Å². The van der Waals surface area contributed by atoms with Crippen LogP contribution in [0.3, 0.4) is 0 Å². The molecule has 0 unspecified atom stereocenters. The Morgan fingerprint density at radius 3 is 1.53 bits per heavy atom. The number of methoxy groups -OCH3 is 2. The van der Waals surface area contributed by atoms with Crippen LogP contribution >= 0.6 is 0 Å². The van der Waals surface area contributed by atoms with Gasteiger partial charge in [-0.15, -0.1) is 0 Å². The molecule has 14 nitrogen and oxygen atoms in total. The summed E-state index contributed by atoms with van der Waals surface area (Å²) in [4.78, 5) is 36.1. The Bertz CT molecular complexity index is 1660. The number of nitrogens with one attached hydrogen (secondary N) is 2. The molecule has 3 rings (SSSR count). The number of guanidine groups is 2. The molecule has 2 amide bonds. The summed E-state index contributed by atoms with van der Waals surface area (Å²) >= 11 is 0. The Morgan fingerprint density at radius 1 is 0.653 bits per heavy atom. The molecule has 49 heavy (non-hydrogen) atoms. The average molecular weight is 677 g/mol. The van der Waals surface area contributed by atoms with Crippen LogP contribution in [-0.2, 0) is 13.1 Å². The van der Waals surface area contributed by atoms with E-state index in [0.717, 1.165) is 17.5 Å². The molecular weight excluding hydrogens is 628 g/mol. The van der Waals surface area contributed by atoms with Crippen molar-refractivity contribution in [3.63, 3.8) is 0 Å². The maximum Gasteiger partial charge on any atom is 0.259 e. The molecule has 3 aromatic rings. The molecule has 0 aliphatic carbocycles. The first kappa shape index (κ1) is 37.8. The molecule has 0 saturated carbocycles. The molecule has 0 aromatic heterocycles. The second-order valence-corrected chi connectivity index (χ2v) is 12.0. The highest BCUT2D eigenvalue weighted by Gasteiger charge is 2.24. The summed E-state index contributed by atoms with van der Waals surface area (Å²) in [6, 6.07) is 13.4. The van der Waals surface area contributed by atoms with Crippen LogP contribution < -0.4 is 52.5 Å². The van der Waals surface area contributed by atoms with Crippen LogP contribution in [0.5, 0.6) is 23.0 Å². The molecule has 0 spiro atoms. The lowest BCUT2D eigenvalue weighted by Crippen LogP contribution is -2.22. The van der Waals surface area contributed by atoms with Crippen molar-refractivity contribution in [3.05, 3.63) is 70.8 Å². The third-order valence-electron chi connectivity index (χ3n) is 7.01. The van der Waals surface area contributed by atoms with Gasteiger partial charge in [0.1, 0.15) is 23.0 Å². The zero-order valence-electron chi connectivity index (χ0n) is 29.0. The van der Waals surface area contributed by atoms with Crippen LogP contribution in [0.25, 0.3) is 0 Å². The van der Waals surface area contributed by atoms with Gasteiger partial charge in [0.05, 0.1) is 63.0 Å². The lowest BCUT2D eigenvalue weighted by atomic mass is 10.1. The minimum Gasteiger partial charge on any atom is -0.495 e. The third kappa shape index (κ3) is 11.5. The van der Waals surface area contributed by atoms with E-state index in [1.165, 1.54) is 20.3 Å². The summed E-state index contributed by atoms with van der Waals surface area (Å²) in [7, 11) is 2.98. The number of carbonyl (C=O) groups excluding carboxylic acids is 2. The van der Waals surface area contributed by atoms with Crippen molar-refractivity contribution >= 4 is 35.1 Å². The number of anilines is 2. The van der Waals surface area contributed by atoms with Gasteiger partial charge < -0.3 is 52.5 Å². The number of nitrogens with zero attached hydrogens (tertiary/aromatic N) is 2. The molecule has 0 radical (unpaired) electrons. The summed E-state index contributed by atoms with van der Waals surface area (Å²) in [6.07, 6.45) is 0.738. The Morgan fingerprint density at radius 2 is 1.12 bits per heavy atom. The van der Waals surface area contributed by atoms with Gasteiger partial charge in [0.15, 0.2) is 11.9 Å². The number of rotatable bonds is 17. The number of carbonyl (C=O) groups is 2. The smallest absolute Gasteiger partial charge is 0.259 e. The molecule has 264 valence electrons. The van der Waals surface area contributed by atoms with E-state index in [9.17, 15) is 9.59 Å². The van der Waals surface area contributed by atoms with Crippen molar-refractivity contribution in [1.29, 1.82) is 0 Å². The summed E-state index contributed by atoms with van der Waals surface area (Å²) in [5, 5.41) is 5.80. The monoisotopic (exact) mass is 676 g/mol. The first-order chi connectivity index (χ1) is 23.3. The highest BCUT2D eigenvalue weighted by Crippen LogP contribution is 2.34. The normalized spacial score (nSPS) is 10.7. The number of aliphatic imine (C=N–C) groups is 2. The molecule has 0 atom stereocenters. The highest BCUT2D eigenvalue weighted by atomic mass is 16.5. The quantitative estimate of drug-likeness (QED) is 0.0882. The fourth-order valence-electron chi connectivity index (χ4n) is 4.46. The Hall–Kier alpha value is -5.66. The summed E-state index contributed by atoms with van der Waals surface area (Å²) in [5.74, 6) is 0.604. The van der Waals surface area contributed by atoms with Crippen LogP contribution in [0.2, 0.25) is 0 Å². The van der Waals surface area contributed by atoms with E-state index in [1.807, 2.05) is 13.8 Å². The number of benzene rings is 3. The van der Waals surface area contributed by atoms with E-state index < -0.39 is 11.8 Å². The van der Waals surface area contributed by atoms with Crippen LogP contribution in [0.4, 0.5) is 11.4 Å². The predicted octanol–water partition coefficient (Wildman–Crippen LogP) is 4.21. The molecule has 0 bridgehead atoms. The van der Waals surface area contributed by atoms with E-state index in [4.69, 9.17) is 41.9 Å². The number of nitrogens with two attached hydrogens (primary N) is 4. The molecule has 3 aromatic carbocycles. The summed E-state index contributed by atoms with van der Waals surface area (Å²) in [6.45, 7) is 9.17. The van der Waals surface area contributed by atoms with Crippen molar-refractivity contribution in [2.75, 3.05) is 38.1 Å². The first-order valence-electron chi connectivity index (χ1n) is 15.8. The third-order valence-corrected chi connectivity index (χ3v) is 7.01. The van der Waals surface area contributed by atoms with Gasteiger partial charge in [-0.25, -0.2) is 9.98 Å². The molecule has 0 fully saturated rings. The van der Waals surface area contributed by atoms with Crippen molar-refractivity contribution in [2.24, 2.45) is 44.8 Å². The number of hydrogen-bond donors (Lipinski definition) is 6. The molecule has 0 saturated heterocycles. The second-order valence-electron chi connectivity index (χ2n) is 12.0. The van der Waals surface area contributed by atoms with Gasteiger partial charge in [0.2, 0.25) is 0 Å². The van der Waals surface area contributed by atoms with Crippen LogP contribution in [0, 0.1) is 11.8 Å². The minimum absolute atomic E-state index is 0.0618. The van der Waals surface area contributed by atoms with E-state index >= 15 is 0 Å². The first-order valence-corrected chi connectivity index (χ1v) is 15.8. The second kappa shape index (κ2) is 18.0. The lowest BCUT2D eigenvalue weighted by molar-refractivity contribution is 0.102. The van der Waals surface area contributed by atoms with Gasteiger partial charge in [-0.1, -0.05) is 39.8 Å². The minimum atomic E-state index is -0.546. The van der Waals surface area contributed by atoms with E-state index in [-0.39, 0.29) is 53.6 Å². The van der Waals surface area contributed by atoms with Gasteiger partial charge >= 0.3 is 0 Å². The van der Waals surface area contributed by atoms with Gasteiger partial charge in [-0.3, -0.25) is 9.59 Å². The molecule has 0 heterocycles. The van der Waals surface area contributed by atoms with Gasteiger partial charge in [0.25, 0.3) is 11.8 Å². The van der Waals surface area contributed by atoms with Gasteiger partial charge in [-0.05, 0) is 59.7 Å². The number of hydrogen-bond acceptors (Lipinski definition) is 8. The maximum atomic E-state index is 14.0. The SMILES string of the molecule is COc1ccc(CN=C(N)N)cc1NC(=O)c1cc(C(=O)Nc2cc(CN=C(N)N)ccc2OC)c(OCC(C)C)cc1OCCC(C)C. The lowest BCUT2D eigenvalue weighted by Gasteiger charge is -2.19. The molecular formula is C35H48N8O6. The van der Waals surface area contributed by atoms with Crippen molar-refractivity contribution < 1.29 is 28.5 Å². The summed E-state index contributed by atoms with van der Waals surface area (Å²) in [5.41, 5.74) is 24.4. The van der Waals surface area contributed by atoms with E-state index in [2.05, 4.69) is 34.5 Å². The Labute approximate surface area is 287 Å². The standard InChI is InChI=1S/C35H48N8O6/c1-20(2)11-12-48-30-16-31(49-19-21(3)4)25(33(45)43-27-14-23(18-41-35(38)39)8-10-29(27)47-6)15-24(30)32(44)42-26-13-22(17-40-34(36)37)7-9-28(26)46-5/h7-10,13-16,20-21H,11-12,17-19H2,1-6H3,(H,42,44)(H,43,45)(H4,36,37,40)(H4,38,39,41). The average Bonchev–Trinajstić information content (AvgIpc) is 3.05. The maximum absolute atomic E-state index is 14.0. The van der Waals surface area contributed by atoms with Crippen molar-refractivity contribution in [1.82, 2.24) is 0 Å². The van der Waals surface area contributed by atoms with Gasteiger partial charge in [0, 0.05) is 6.07 Å². The Balaban J connectivity index is 2.11. The van der Waals surface area contributed by atoms with Gasteiger partial charge in [-0.2, -0.15) is 0 Å². The molecule has 0 aliphatic heterocycles. The number of ether oxygens (including phenoxy) is 4.